The summed E-state index contributed by atoms with van der Waals surface area (Å²) < 4.78 is 5.19. The predicted molar refractivity (Wildman–Crippen MR) is 87.2 cm³/mol. The molecule has 0 saturated carbocycles. The summed E-state index contributed by atoms with van der Waals surface area (Å²) in [5, 5.41) is 3.19. The summed E-state index contributed by atoms with van der Waals surface area (Å²) in [6, 6.07) is 13.8. The molecule has 0 radical (unpaired) electrons. The second kappa shape index (κ2) is 5.84. The SMILES string of the molecule is COc1cccc(C(=O)N[C@H]2c3cc(C)ccc3C[C@@H]2C)c1. The Labute approximate surface area is 131 Å². The molecule has 2 aromatic rings. The molecule has 0 aromatic heterocycles. The van der Waals surface area contributed by atoms with E-state index in [0.29, 0.717) is 17.2 Å². The van der Waals surface area contributed by atoms with Gasteiger partial charge in [-0.15, -0.1) is 0 Å². The summed E-state index contributed by atoms with van der Waals surface area (Å²) in [6.45, 7) is 4.27. The number of rotatable bonds is 3. The zero-order chi connectivity index (χ0) is 15.7. The van der Waals surface area contributed by atoms with Gasteiger partial charge in [0.2, 0.25) is 0 Å². The van der Waals surface area contributed by atoms with Crippen LogP contribution in [0.5, 0.6) is 5.75 Å². The molecular weight excluding hydrogens is 274 g/mol. The van der Waals surface area contributed by atoms with Gasteiger partial charge < -0.3 is 10.1 Å². The summed E-state index contributed by atoms with van der Waals surface area (Å²) >= 11 is 0. The van der Waals surface area contributed by atoms with E-state index >= 15 is 0 Å². The van der Waals surface area contributed by atoms with Crippen LogP contribution in [0, 0.1) is 12.8 Å². The molecule has 1 aliphatic rings. The summed E-state index contributed by atoms with van der Waals surface area (Å²) in [6.07, 6.45) is 1.01. The standard InChI is InChI=1S/C19H21NO2/c1-12-7-8-14-10-13(2)18(17(14)9-12)20-19(21)15-5-4-6-16(11-15)22-3/h4-9,11,13,18H,10H2,1-3H3,(H,20,21)/t13-,18+/m0/s1. The molecule has 0 bridgehead atoms. The first kappa shape index (κ1) is 14.6. The summed E-state index contributed by atoms with van der Waals surface area (Å²) in [7, 11) is 1.61. The van der Waals surface area contributed by atoms with Gasteiger partial charge in [0.25, 0.3) is 5.91 Å². The lowest BCUT2D eigenvalue weighted by Gasteiger charge is -2.19. The Kier molecular flexibility index (Phi) is 3.88. The van der Waals surface area contributed by atoms with Gasteiger partial charge in [0.1, 0.15) is 5.75 Å². The molecule has 0 heterocycles. The van der Waals surface area contributed by atoms with E-state index in [1.54, 1.807) is 13.2 Å². The van der Waals surface area contributed by atoms with E-state index in [4.69, 9.17) is 4.74 Å². The van der Waals surface area contributed by atoms with Crippen LogP contribution in [-0.4, -0.2) is 13.0 Å². The second-order valence-electron chi connectivity index (χ2n) is 6.07. The van der Waals surface area contributed by atoms with Crippen LogP contribution in [-0.2, 0) is 6.42 Å². The number of aryl methyl sites for hydroxylation is 1. The predicted octanol–water partition coefficient (Wildman–Crippen LogP) is 3.67. The largest absolute Gasteiger partial charge is 0.497 e. The van der Waals surface area contributed by atoms with Crippen LogP contribution in [0.15, 0.2) is 42.5 Å². The van der Waals surface area contributed by atoms with Crippen LogP contribution >= 0.6 is 0 Å². The Morgan fingerprint density at radius 2 is 2.05 bits per heavy atom. The number of fused-ring (bicyclic) bond motifs is 1. The first-order chi connectivity index (χ1) is 10.6. The lowest BCUT2D eigenvalue weighted by Crippen LogP contribution is -2.30. The van der Waals surface area contributed by atoms with E-state index in [2.05, 4.69) is 37.4 Å². The Bertz CT molecular complexity index is 708. The number of ether oxygens (including phenoxy) is 1. The van der Waals surface area contributed by atoms with Gasteiger partial charge in [0, 0.05) is 5.56 Å². The first-order valence-corrected chi connectivity index (χ1v) is 7.63. The van der Waals surface area contributed by atoms with Crippen molar-refractivity contribution in [2.75, 3.05) is 7.11 Å². The molecule has 3 rings (SSSR count). The van der Waals surface area contributed by atoms with Crippen molar-refractivity contribution in [3.63, 3.8) is 0 Å². The Morgan fingerprint density at radius 1 is 1.23 bits per heavy atom. The zero-order valence-electron chi connectivity index (χ0n) is 13.2. The molecule has 2 aromatic carbocycles. The molecule has 0 saturated heterocycles. The Hall–Kier alpha value is -2.29. The molecule has 0 aliphatic heterocycles. The van der Waals surface area contributed by atoms with Gasteiger partial charge in [0.05, 0.1) is 13.2 Å². The maximum atomic E-state index is 12.5. The number of nitrogens with one attached hydrogen (secondary N) is 1. The highest BCUT2D eigenvalue weighted by Crippen LogP contribution is 2.36. The third kappa shape index (κ3) is 2.71. The maximum absolute atomic E-state index is 12.5. The van der Waals surface area contributed by atoms with Gasteiger partial charge in [-0.25, -0.2) is 0 Å². The monoisotopic (exact) mass is 295 g/mol. The minimum Gasteiger partial charge on any atom is -0.497 e. The van der Waals surface area contributed by atoms with Crippen LogP contribution < -0.4 is 10.1 Å². The number of carbonyl (C=O) groups is 1. The summed E-state index contributed by atoms with van der Waals surface area (Å²) in [5.41, 5.74) is 4.46. The highest BCUT2D eigenvalue weighted by Gasteiger charge is 2.30. The fourth-order valence-electron chi connectivity index (χ4n) is 3.17. The van der Waals surface area contributed by atoms with E-state index in [-0.39, 0.29) is 11.9 Å². The smallest absolute Gasteiger partial charge is 0.251 e. The summed E-state index contributed by atoms with van der Waals surface area (Å²) in [4.78, 5) is 12.5. The van der Waals surface area contributed by atoms with Crippen LogP contribution in [0.3, 0.4) is 0 Å². The average molecular weight is 295 g/mol. The number of hydrogen-bond acceptors (Lipinski definition) is 2. The lowest BCUT2D eigenvalue weighted by atomic mass is 10.0. The molecule has 1 amide bonds. The van der Waals surface area contributed by atoms with Gasteiger partial charge in [-0.2, -0.15) is 0 Å². The van der Waals surface area contributed by atoms with Crippen LogP contribution in [0.2, 0.25) is 0 Å². The lowest BCUT2D eigenvalue weighted by molar-refractivity contribution is 0.0927. The molecule has 1 N–H and O–H groups in total. The van der Waals surface area contributed by atoms with Gasteiger partial charge in [-0.05, 0) is 48.6 Å². The average Bonchev–Trinajstić information content (AvgIpc) is 2.83. The summed E-state index contributed by atoms with van der Waals surface area (Å²) in [5.74, 6) is 1.06. The number of amides is 1. The van der Waals surface area contributed by atoms with Crippen molar-refractivity contribution in [1.29, 1.82) is 0 Å². The molecule has 0 unspecified atom stereocenters. The molecule has 114 valence electrons. The van der Waals surface area contributed by atoms with E-state index in [9.17, 15) is 4.79 Å². The number of carbonyl (C=O) groups excluding carboxylic acids is 1. The normalized spacial score (nSPS) is 19.6. The molecule has 2 atom stereocenters. The first-order valence-electron chi connectivity index (χ1n) is 7.63. The van der Waals surface area contributed by atoms with Crippen molar-refractivity contribution in [2.24, 2.45) is 5.92 Å². The van der Waals surface area contributed by atoms with Crippen molar-refractivity contribution in [2.45, 2.75) is 26.3 Å². The molecule has 1 aliphatic carbocycles. The topological polar surface area (TPSA) is 38.3 Å². The third-order valence-corrected chi connectivity index (χ3v) is 4.37. The third-order valence-electron chi connectivity index (χ3n) is 4.37. The molecular formula is C19H21NO2. The van der Waals surface area contributed by atoms with Gasteiger partial charge in [-0.3, -0.25) is 4.79 Å². The fourth-order valence-corrected chi connectivity index (χ4v) is 3.17. The fraction of sp³-hybridized carbons (Fsp3) is 0.316. The molecule has 0 fully saturated rings. The molecule has 0 spiro atoms. The molecule has 22 heavy (non-hydrogen) atoms. The molecule has 3 nitrogen and oxygen atoms in total. The van der Waals surface area contributed by atoms with Gasteiger partial charge >= 0.3 is 0 Å². The van der Waals surface area contributed by atoms with Crippen molar-refractivity contribution >= 4 is 5.91 Å². The minimum absolute atomic E-state index is 0.0508. The van der Waals surface area contributed by atoms with Crippen molar-refractivity contribution < 1.29 is 9.53 Å². The number of methoxy groups -OCH3 is 1. The number of benzene rings is 2. The van der Waals surface area contributed by atoms with Gasteiger partial charge in [-0.1, -0.05) is 36.8 Å². The maximum Gasteiger partial charge on any atom is 0.251 e. The number of hydrogen-bond donors (Lipinski definition) is 1. The minimum atomic E-state index is -0.0508. The Balaban J connectivity index is 1.84. The van der Waals surface area contributed by atoms with Crippen LogP contribution in [0.1, 0.15) is 40.0 Å². The second-order valence-corrected chi connectivity index (χ2v) is 6.07. The van der Waals surface area contributed by atoms with Crippen LogP contribution in [0.4, 0.5) is 0 Å². The van der Waals surface area contributed by atoms with Crippen molar-refractivity contribution in [1.82, 2.24) is 5.32 Å². The Morgan fingerprint density at radius 3 is 2.82 bits per heavy atom. The highest BCUT2D eigenvalue weighted by atomic mass is 16.5. The molecule has 3 heteroatoms. The van der Waals surface area contributed by atoms with Crippen molar-refractivity contribution in [3.8, 4) is 5.75 Å². The quantitative estimate of drug-likeness (QED) is 0.938. The van der Waals surface area contributed by atoms with Gasteiger partial charge in [0.15, 0.2) is 0 Å². The highest BCUT2D eigenvalue weighted by molar-refractivity contribution is 5.95. The zero-order valence-corrected chi connectivity index (χ0v) is 13.2. The van der Waals surface area contributed by atoms with Crippen molar-refractivity contribution in [3.05, 3.63) is 64.7 Å². The van der Waals surface area contributed by atoms with Crippen LogP contribution in [0.25, 0.3) is 0 Å². The van der Waals surface area contributed by atoms with E-state index in [1.807, 2.05) is 18.2 Å². The van der Waals surface area contributed by atoms with E-state index in [0.717, 1.165) is 6.42 Å². The van der Waals surface area contributed by atoms with E-state index in [1.165, 1.54) is 16.7 Å². The van der Waals surface area contributed by atoms with E-state index < -0.39 is 0 Å².